The molecule has 0 aromatic heterocycles. The third-order valence-electron chi connectivity index (χ3n) is 3.70. The zero-order chi connectivity index (χ0) is 19.3. The summed E-state index contributed by atoms with van der Waals surface area (Å²) in [4.78, 5) is 35.0. The summed E-state index contributed by atoms with van der Waals surface area (Å²) in [5.41, 5.74) is 0.0514. The van der Waals surface area contributed by atoms with Crippen LogP contribution in [0.3, 0.4) is 0 Å². The minimum absolute atomic E-state index is 0.174. The average Bonchev–Trinajstić information content (AvgIpc) is 2.64. The number of aryl methyl sites for hydroxylation is 1. The number of hydrogen-bond acceptors (Lipinski definition) is 7. The Morgan fingerprint density at radius 2 is 1.85 bits per heavy atom. The Hall–Kier alpha value is -3.42. The maximum atomic E-state index is 12.3. The molecule has 0 unspecified atom stereocenters. The molecule has 0 radical (unpaired) electrons. The fourth-order valence-electron chi connectivity index (χ4n) is 2.38. The van der Waals surface area contributed by atoms with E-state index in [4.69, 9.17) is 14.2 Å². The lowest BCUT2D eigenvalue weighted by atomic mass is 10.1. The molecule has 8 nitrogen and oxygen atoms in total. The summed E-state index contributed by atoms with van der Waals surface area (Å²) in [6.45, 7) is 0.977. The first-order valence-corrected chi connectivity index (χ1v) is 7.55. The molecule has 2 rings (SSSR count). The van der Waals surface area contributed by atoms with Crippen molar-refractivity contribution < 1.29 is 28.7 Å². The van der Waals surface area contributed by atoms with Gasteiger partial charge in [-0.25, -0.2) is 4.79 Å². The fourth-order valence-corrected chi connectivity index (χ4v) is 2.38. The standard InChI is InChI=1S/C18H17NO7/c1-11-5-4-6-14(19(22)23)17(11)18(21)26-10-15(20)13-8-7-12(24-2)9-16(13)25-3/h4-9H,10H2,1-3H3. The number of esters is 1. The Morgan fingerprint density at radius 3 is 2.46 bits per heavy atom. The van der Waals surface area contributed by atoms with Crippen LogP contribution in [-0.2, 0) is 4.74 Å². The summed E-state index contributed by atoms with van der Waals surface area (Å²) < 4.78 is 15.2. The third kappa shape index (κ3) is 3.97. The zero-order valence-electron chi connectivity index (χ0n) is 14.5. The number of hydrogen-bond donors (Lipinski definition) is 0. The van der Waals surface area contributed by atoms with Crippen molar-refractivity contribution >= 4 is 17.4 Å². The Bertz CT molecular complexity index is 861. The van der Waals surface area contributed by atoms with Crippen molar-refractivity contribution in [3.63, 3.8) is 0 Å². The van der Waals surface area contributed by atoms with Gasteiger partial charge < -0.3 is 14.2 Å². The first-order chi connectivity index (χ1) is 12.4. The van der Waals surface area contributed by atoms with Crippen LogP contribution in [-0.4, -0.2) is 37.5 Å². The molecule has 0 bridgehead atoms. The molecule has 0 fully saturated rings. The number of rotatable bonds is 7. The van der Waals surface area contributed by atoms with Crippen molar-refractivity contribution in [3.05, 3.63) is 63.2 Å². The van der Waals surface area contributed by atoms with Gasteiger partial charge in [-0.1, -0.05) is 12.1 Å². The summed E-state index contributed by atoms with van der Waals surface area (Å²) in [7, 11) is 2.88. The quantitative estimate of drug-likeness (QED) is 0.324. The highest BCUT2D eigenvalue weighted by molar-refractivity contribution is 6.02. The maximum Gasteiger partial charge on any atom is 0.345 e. The minimum Gasteiger partial charge on any atom is -0.497 e. The molecule has 136 valence electrons. The van der Waals surface area contributed by atoms with E-state index in [1.807, 2.05) is 0 Å². The third-order valence-corrected chi connectivity index (χ3v) is 3.70. The van der Waals surface area contributed by atoms with Crippen molar-refractivity contribution in [1.82, 2.24) is 0 Å². The van der Waals surface area contributed by atoms with Gasteiger partial charge in [0, 0.05) is 12.1 Å². The Labute approximate surface area is 149 Å². The van der Waals surface area contributed by atoms with Gasteiger partial charge in [0.25, 0.3) is 5.69 Å². The maximum absolute atomic E-state index is 12.3. The Morgan fingerprint density at radius 1 is 1.12 bits per heavy atom. The van der Waals surface area contributed by atoms with Gasteiger partial charge in [0.15, 0.2) is 6.61 Å². The second-order valence-corrected chi connectivity index (χ2v) is 5.29. The molecule has 2 aromatic carbocycles. The van der Waals surface area contributed by atoms with Crippen molar-refractivity contribution in [2.45, 2.75) is 6.92 Å². The molecule has 2 aromatic rings. The van der Waals surface area contributed by atoms with E-state index in [9.17, 15) is 19.7 Å². The number of Topliss-reactive ketones (excluding diaryl/α,β-unsaturated/α-hetero) is 1. The second-order valence-electron chi connectivity index (χ2n) is 5.29. The van der Waals surface area contributed by atoms with Crippen LogP contribution in [0.15, 0.2) is 36.4 Å². The fraction of sp³-hybridized carbons (Fsp3) is 0.222. The molecule has 0 atom stereocenters. The van der Waals surface area contributed by atoms with E-state index in [1.165, 1.54) is 38.5 Å². The van der Waals surface area contributed by atoms with Crippen LogP contribution in [0, 0.1) is 17.0 Å². The molecule has 0 saturated heterocycles. The van der Waals surface area contributed by atoms with Crippen LogP contribution in [0.4, 0.5) is 5.69 Å². The molecule has 0 spiro atoms. The van der Waals surface area contributed by atoms with E-state index < -0.39 is 23.3 Å². The molecule has 26 heavy (non-hydrogen) atoms. The Balaban J connectivity index is 2.18. The molecule has 0 heterocycles. The monoisotopic (exact) mass is 359 g/mol. The largest absolute Gasteiger partial charge is 0.497 e. The highest BCUT2D eigenvalue weighted by Gasteiger charge is 2.24. The van der Waals surface area contributed by atoms with E-state index in [2.05, 4.69) is 0 Å². The summed E-state index contributed by atoms with van der Waals surface area (Å²) >= 11 is 0. The number of nitrogens with zero attached hydrogens (tertiary/aromatic N) is 1. The smallest absolute Gasteiger partial charge is 0.345 e. The first-order valence-electron chi connectivity index (χ1n) is 7.55. The van der Waals surface area contributed by atoms with Crippen LogP contribution in [0.1, 0.15) is 26.3 Å². The van der Waals surface area contributed by atoms with Gasteiger partial charge in [0.05, 0.1) is 24.7 Å². The van der Waals surface area contributed by atoms with Gasteiger partial charge in [0.2, 0.25) is 5.78 Å². The molecule has 0 aliphatic rings. The van der Waals surface area contributed by atoms with Gasteiger partial charge >= 0.3 is 5.97 Å². The van der Waals surface area contributed by atoms with E-state index in [0.29, 0.717) is 11.3 Å². The highest BCUT2D eigenvalue weighted by Crippen LogP contribution is 2.26. The van der Waals surface area contributed by atoms with Gasteiger partial charge in [-0.2, -0.15) is 0 Å². The van der Waals surface area contributed by atoms with Crippen LogP contribution in [0.2, 0.25) is 0 Å². The topological polar surface area (TPSA) is 105 Å². The highest BCUT2D eigenvalue weighted by atomic mass is 16.6. The normalized spacial score (nSPS) is 10.1. The van der Waals surface area contributed by atoms with Crippen molar-refractivity contribution in [3.8, 4) is 11.5 Å². The van der Waals surface area contributed by atoms with Crippen LogP contribution in [0.25, 0.3) is 0 Å². The Kier molecular flexibility index (Phi) is 5.90. The molecule has 8 heteroatoms. The lowest BCUT2D eigenvalue weighted by Gasteiger charge is -2.10. The minimum atomic E-state index is -0.935. The summed E-state index contributed by atoms with van der Waals surface area (Å²) in [6.07, 6.45) is 0. The second kappa shape index (κ2) is 8.11. The molecule has 0 amide bonds. The van der Waals surface area contributed by atoms with E-state index in [0.717, 1.165) is 0 Å². The van der Waals surface area contributed by atoms with Crippen molar-refractivity contribution in [1.29, 1.82) is 0 Å². The number of nitro benzene ring substituents is 1. The summed E-state index contributed by atoms with van der Waals surface area (Å²) in [5.74, 6) is -0.664. The van der Waals surface area contributed by atoms with Crippen molar-refractivity contribution in [2.24, 2.45) is 0 Å². The average molecular weight is 359 g/mol. The molecular formula is C18H17NO7. The predicted octanol–water partition coefficient (Wildman–Crippen LogP) is 2.96. The molecule has 0 saturated carbocycles. The number of carbonyl (C=O) groups is 2. The molecule has 0 aliphatic carbocycles. The van der Waals surface area contributed by atoms with Gasteiger partial charge in [-0.15, -0.1) is 0 Å². The molecule has 0 N–H and O–H groups in total. The van der Waals surface area contributed by atoms with Gasteiger partial charge in [-0.3, -0.25) is 14.9 Å². The summed E-state index contributed by atoms with van der Waals surface area (Å²) in [6, 6.07) is 8.82. The van der Waals surface area contributed by atoms with E-state index in [-0.39, 0.29) is 22.6 Å². The molecule has 0 aliphatic heterocycles. The van der Waals surface area contributed by atoms with E-state index >= 15 is 0 Å². The number of ether oxygens (including phenoxy) is 3. The number of ketones is 1. The SMILES string of the molecule is COc1ccc(C(=O)COC(=O)c2c(C)cccc2[N+](=O)[O-])c(OC)c1. The van der Waals surface area contributed by atoms with Crippen LogP contribution < -0.4 is 9.47 Å². The molecular weight excluding hydrogens is 342 g/mol. The van der Waals surface area contributed by atoms with Gasteiger partial charge in [-0.05, 0) is 24.6 Å². The van der Waals surface area contributed by atoms with Gasteiger partial charge in [0.1, 0.15) is 17.1 Å². The van der Waals surface area contributed by atoms with Crippen LogP contribution >= 0.6 is 0 Å². The van der Waals surface area contributed by atoms with Crippen molar-refractivity contribution in [2.75, 3.05) is 20.8 Å². The number of nitro groups is 1. The van der Waals surface area contributed by atoms with Crippen LogP contribution in [0.5, 0.6) is 11.5 Å². The number of benzene rings is 2. The van der Waals surface area contributed by atoms with E-state index in [1.54, 1.807) is 19.1 Å². The number of carbonyl (C=O) groups excluding carboxylic acids is 2. The first kappa shape index (κ1) is 18.9. The lowest BCUT2D eigenvalue weighted by Crippen LogP contribution is -2.17. The zero-order valence-corrected chi connectivity index (χ0v) is 14.5. The summed E-state index contributed by atoms with van der Waals surface area (Å²) in [5, 5.41) is 11.1. The number of methoxy groups -OCH3 is 2. The lowest BCUT2D eigenvalue weighted by molar-refractivity contribution is -0.385. The predicted molar refractivity (Wildman–Crippen MR) is 92.0 cm³/mol.